The number of ether oxygens (including phenoxy) is 1. The molecule has 29 heavy (non-hydrogen) atoms. The number of aryl methyl sites for hydroxylation is 1. The van der Waals surface area contributed by atoms with Crippen molar-refractivity contribution in [3.05, 3.63) is 58.6 Å². The molecule has 1 N–H and O–H groups in total. The third-order valence-electron chi connectivity index (χ3n) is 5.07. The number of rotatable bonds is 7. The van der Waals surface area contributed by atoms with Gasteiger partial charge in [-0.05, 0) is 48.7 Å². The summed E-state index contributed by atoms with van der Waals surface area (Å²) in [5.74, 6) is 0.777. The molecule has 0 saturated carbocycles. The van der Waals surface area contributed by atoms with E-state index in [-0.39, 0.29) is 30.0 Å². The number of amides is 1. The minimum Gasteiger partial charge on any atom is -0.497 e. The fourth-order valence-electron chi connectivity index (χ4n) is 3.40. The van der Waals surface area contributed by atoms with Crippen molar-refractivity contribution in [2.24, 2.45) is 0 Å². The summed E-state index contributed by atoms with van der Waals surface area (Å²) in [6, 6.07) is 12.7. The monoisotopic (exact) mass is 436 g/mol. The molecule has 0 aromatic heterocycles. The number of hydrogen-bond donors (Lipinski definition) is 1. The number of hydrogen-bond acceptors (Lipinski definition) is 5. The standard InChI is InChI=1S/C21H25ClN2O4S/c1-15-3-6-17(11-20(15)22)23-21(25)13-24(18-9-10-29(26,27)14-18)12-16-4-7-19(28-2)8-5-16/h3-8,11,18H,9-10,12-14H2,1-2H3,(H,23,25)/t18-/m0/s1. The molecule has 1 fully saturated rings. The van der Waals surface area contributed by atoms with Crippen LogP contribution in [0.15, 0.2) is 42.5 Å². The van der Waals surface area contributed by atoms with Crippen LogP contribution in [-0.2, 0) is 21.2 Å². The molecule has 1 aliphatic rings. The van der Waals surface area contributed by atoms with Crippen molar-refractivity contribution in [1.29, 1.82) is 0 Å². The van der Waals surface area contributed by atoms with Gasteiger partial charge in [0, 0.05) is 23.3 Å². The van der Waals surface area contributed by atoms with Gasteiger partial charge >= 0.3 is 0 Å². The van der Waals surface area contributed by atoms with E-state index < -0.39 is 9.84 Å². The Morgan fingerprint density at radius 3 is 2.55 bits per heavy atom. The lowest BCUT2D eigenvalue weighted by atomic mass is 10.1. The molecule has 0 spiro atoms. The van der Waals surface area contributed by atoms with Crippen LogP contribution in [0.25, 0.3) is 0 Å². The normalized spacial score (nSPS) is 18.0. The van der Waals surface area contributed by atoms with Crippen molar-refractivity contribution >= 4 is 33.0 Å². The maximum atomic E-state index is 12.7. The molecule has 6 nitrogen and oxygen atoms in total. The Hall–Kier alpha value is -2.09. The third kappa shape index (κ3) is 5.95. The zero-order valence-corrected chi connectivity index (χ0v) is 18.1. The van der Waals surface area contributed by atoms with E-state index in [9.17, 15) is 13.2 Å². The van der Waals surface area contributed by atoms with Crippen LogP contribution in [0.2, 0.25) is 5.02 Å². The molecule has 1 heterocycles. The molecule has 1 atom stereocenters. The molecule has 156 valence electrons. The molecular weight excluding hydrogens is 412 g/mol. The van der Waals surface area contributed by atoms with Gasteiger partial charge in [-0.3, -0.25) is 9.69 Å². The number of carbonyl (C=O) groups excluding carboxylic acids is 1. The smallest absolute Gasteiger partial charge is 0.238 e. The zero-order chi connectivity index (χ0) is 21.0. The summed E-state index contributed by atoms with van der Waals surface area (Å²) < 4.78 is 29.1. The Balaban J connectivity index is 1.72. The topological polar surface area (TPSA) is 75.7 Å². The van der Waals surface area contributed by atoms with E-state index in [1.54, 1.807) is 19.2 Å². The molecule has 0 unspecified atom stereocenters. The lowest BCUT2D eigenvalue weighted by Gasteiger charge is -2.27. The molecular formula is C21H25ClN2O4S. The number of nitrogens with one attached hydrogen (secondary N) is 1. The number of carbonyl (C=O) groups is 1. The number of sulfone groups is 1. The second-order valence-corrected chi connectivity index (χ2v) is 9.96. The van der Waals surface area contributed by atoms with E-state index in [4.69, 9.17) is 16.3 Å². The first kappa shape index (κ1) is 21.6. The molecule has 2 aromatic rings. The summed E-state index contributed by atoms with van der Waals surface area (Å²) >= 11 is 6.13. The summed E-state index contributed by atoms with van der Waals surface area (Å²) in [5, 5.41) is 3.44. The molecule has 0 radical (unpaired) electrons. The van der Waals surface area contributed by atoms with Gasteiger partial charge in [0.1, 0.15) is 5.75 Å². The highest BCUT2D eigenvalue weighted by atomic mass is 35.5. The van der Waals surface area contributed by atoms with Crippen LogP contribution < -0.4 is 10.1 Å². The summed E-state index contributed by atoms with van der Waals surface area (Å²) in [6.45, 7) is 2.47. The Bertz CT molecular complexity index is 977. The highest BCUT2D eigenvalue weighted by Crippen LogP contribution is 2.22. The molecule has 1 saturated heterocycles. The largest absolute Gasteiger partial charge is 0.497 e. The minimum absolute atomic E-state index is 0.0762. The van der Waals surface area contributed by atoms with Crippen molar-refractivity contribution in [2.45, 2.75) is 25.9 Å². The van der Waals surface area contributed by atoms with Gasteiger partial charge in [-0.25, -0.2) is 8.42 Å². The van der Waals surface area contributed by atoms with E-state index in [2.05, 4.69) is 5.32 Å². The molecule has 1 aliphatic heterocycles. The van der Waals surface area contributed by atoms with Crippen molar-refractivity contribution in [3.8, 4) is 5.75 Å². The Labute approximate surface area is 176 Å². The number of halogens is 1. The van der Waals surface area contributed by atoms with Gasteiger partial charge in [-0.1, -0.05) is 29.8 Å². The third-order valence-corrected chi connectivity index (χ3v) is 7.23. The summed E-state index contributed by atoms with van der Waals surface area (Å²) in [6.07, 6.45) is 0.530. The quantitative estimate of drug-likeness (QED) is 0.720. The first-order valence-electron chi connectivity index (χ1n) is 9.39. The first-order chi connectivity index (χ1) is 13.8. The maximum Gasteiger partial charge on any atom is 0.238 e. The zero-order valence-electron chi connectivity index (χ0n) is 16.5. The second kappa shape index (κ2) is 9.15. The molecule has 2 aromatic carbocycles. The fraction of sp³-hybridized carbons (Fsp3) is 0.381. The van der Waals surface area contributed by atoms with Gasteiger partial charge in [-0.2, -0.15) is 0 Å². The van der Waals surface area contributed by atoms with Gasteiger partial charge in [-0.15, -0.1) is 0 Å². The molecule has 1 amide bonds. The fourth-order valence-corrected chi connectivity index (χ4v) is 5.34. The first-order valence-corrected chi connectivity index (χ1v) is 11.6. The van der Waals surface area contributed by atoms with E-state index in [1.165, 1.54) is 0 Å². The summed E-state index contributed by atoms with van der Waals surface area (Å²) in [7, 11) is -1.46. The second-order valence-electron chi connectivity index (χ2n) is 7.32. The van der Waals surface area contributed by atoms with Gasteiger partial charge < -0.3 is 10.1 Å². The molecule has 3 rings (SSSR count). The Morgan fingerprint density at radius 1 is 1.24 bits per heavy atom. The highest BCUT2D eigenvalue weighted by molar-refractivity contribution is 7.91. The number of benzene rings is 2. The molecule has 0 bridgehead atoms. The van der Waals surface area contributed by atoms with Crippen LogP contribution in [0.4, 0.5) is 5.69 Å². The van der Waals surface area contributed by atoms with Crippen LogP contribution in [0.5, 0.6) is 5.75 Å². The van der Waals surface area contributed by atoms with Gasteiger partial charge in [0.05, 0.1) is 25.2 Å². The predicted octanol–water partition coefficient (Wildman–Crippen LogP) is 3.28. The Morgan fingerprint density at radius 2 is 1.97 bits per heavy atom. The summed E-state index contributed by atoms with van der Waals surface area (Å²) in [5.41, 5.74) is 2.54. The number of nitrogens with zero attached hydrogens (tertiary/aromatic N) is 1. The molecule has 0 aliphatic carbocycles. The lowest BCUT2D eigenvalue weighted by Crippen LogP contribution is -2.41. The van der Waals surface area contributed by atoms with Crippen molar-refractivity contribution in [1.82, 2.24) is 4.90 Å². The van der Waals surface area contributed by atoms with Gasteiger partial charge in [0.25, 0.3) is 0 Å². The molecule has 8 heteroatoms. The minimum atomic E-state index is -3.06. The average Bonchev–Trinajstić information content (AvgIpc) is 3.04. The van der Waals surface area contributed by atoms with E-state index in [0.717, 1.165) is 16.9 Å². The van der Waals surface area contributed by atoms with Crippen molar-refractivity contribution in [2.75, 3.05) is 30.5 Å². The van der Waals surface area contributed by atoms with E-state index >= 15 is 0 Å². The number of anilines is 1. The van der Waals surface area contributed by atoms with Crippen molar-refractivity contribution < 1.29 is 17.9 Å². The predicted molar refractivity (Wildman–Crippen MR) is 115 cm³/mol. The maximum absolute atomic E-state index is 12.7. The Kier molecular flexibility index (Phi) is 6.82. The van der Waals surface area contributed by atoms with Crippen LogP contribution in [0.1, 0.15) is 17.5 Å². The van der Waals surface area contributed by atoms with Crippen molar-refractivity contribution in [3.63, 3.8) is 0 Å². The van der Waals surface area contributed by atoms with Gasteiger partial charge in [0.2, 0.25) is 5.91 Å². The summed E-state index contributed by atoms with van der Waals surface area (Å²) in [4.78, 5) is 14.6. The van der Waals surface area contributed by atoms with E-state index in [1.807, 2.05) is 42.2 Å². The average molecular weight is 437 g/mol. The lowest BCUT2D eigenvalue weighted by molar-refractivity contribution is -0.117. The SMILES string of the molecule is COc1ccc(CN(CC(=O)Nc2ccc(C)c(Cl)c2)[C@H]2CCS(=O)(=O)C2)cc1. The van der Waals surface area contributed by atoms with Crippen LogP contribution in [0.3, 0.4) is 0 Å². The van der Waals surface area contributed by atoms with Crippen LogP contribution >= 0.6 is 11.6 Å². The number of methoxy groups -OCH3 is 1. The van der Waals surface area contributed by atoms with Gasteiger partial charge in [0.15, 0.2) is 9.84 Å². The van der Waals surface area contributed by atoms with Crippen LogP contribution in [0, 0.1) is 6.92 Å². The van der Waals surface area contributed by atoms with Crippen LogP contribution in [-0.4, -0.2) is 50.4 Å². The van der Waals surface area contributed by atoms with E-state index in [0.29, 0.717) is 23.7 Å². The highest BCUT2D eigenvalue weighted by Gasteiger charge is 2.33.